The molecule has 17 heavy (non-hydrogen) atoms. The van der Waals surface area contributed by atoms with Crippen LogP contribution in [-0.2, 0) is 4.79 Å². The van der Waals surface area contributed by atoms with Crippen LogP contribution < -0.4 is 0 Å². The summed E-state index contributed by atoms with van der Waals surface area (Å²) in [7, 11) is 0. The van der Waals surface area contributed by atoms with Crippen molar-refractivity contribution in [3.05, 3.63) is 46.8 Å². The predicted octanol–water partition coefficient (Wildman–Crippen LogP) is 4.59. The van der Waals surface area contributed by atoms with Crippen molar-refractivity contribution in [2.75, 3.05) is 0 Å². The van der Waals surface area contributed by atoms with E-state index in [1.807, 2.05) is 31.2 Å². The van der Waals surface area contributed by atoms with Crippen molar-refractivity contribution in [1.29, 1.82) is 0 Å². The Bertz CT molecular complexity index is 527. The molecule has 0 aliphatic heterocycles. The van der Waals surface area contributed by atoms with Crippen LogP contribution in [0.1, 0.15) is 24.0 Å². The number of hydrogen-bond donors (Lipinski definition) is 0. The molecule has 1 nitrogen and oxygen atoms in total. The fourth-order valence-electron chi connectivity index (χ4n) is 1.72. The minimum absolute atomic E-state index is 0.241. The second-order valence-electron chi connectivity index (χ2n) is 4.08. The van der Waals surface area contributed by atoms with Crippen molar-refractivity contribution < 1.29 is 4.79 Å². The SMILES string of the molecule is Cc1ccsc1-c1ccc(C(C)C(=O)Cl)cc1. The van der Waals surface area contributed by atoms with E-state index >= 15 is 0 Å². The first-order chi connectivity index (χ1) is 8.09. The molecule has 0 saturated carbocycles. The van der Waals surface area contributed by atoms with Crippen LogP contribution in [0.3, 0.4) is 0 Å². The third-order valence-electron chi connectivity index (χ3n) is 2.88. The maximum absolute atomic E-state index is 11.1. The molecule has 1 heterocycles. The number of aryl methyl sites for hydroxylation is 1. The second kappa shape index (κ2) is 5.03. The summed E-state index contributed by atoms with van der Waals surface area (Å²) in [5.41, 5.74) is 3.43. The molecule has 0 spiro atoms. The molecule has 88 valence electrons. The summed E-state index contributed by atoms with van der Waals surface area (Å²) in [6.07, 6.45) is 0. The zero-order valence-corrected chi connectivity index (χ0v) is 11.3. The van der Waals surface area contributed by atoms with Crippen LogP contribution in [0.25, 0.3) is 10.4 Å². The van der Waals surface area contributed by atoms with Crippen molar-refractivity contribution in [3.8, 4) is 10.4 Å². The molecule has 0 aliphatic rings. The zero-order valence-electron chi connectivity index (χ0n) is 9.74. The first kappa shape index (κ1) is 12.3. The molecule has 2 rings (SSSR count). The average molecular weight is 265 g/mol. The molecule has 1 atom stereocenters. The first-order valence-corrected chi connectivity index (χ1v) is 6.69. The fourth-order valence-corrected chi connectivity index (χ4v) is 2.78. The summed E-state index contributed by atoms with van der Waals surface area (Å²) in [6, 6.07) is 10.1. The Morgan fingerprint density at radius 3 is 2.35 bits per heavy atom. The molecule has 3 heteroatoms. The Hall–Kier alpha value is -1.12. The predicted molar refractivity (Wildman–Crippen MR) is 73.8 cm³/mol. The quantitative estimate of drug-likeness (QED) is 0.741. The lowest BCUT2D eigenvalue weighted by atomic mass is 10.00. The van der Waals surface area contributed by atoms with Gasteiger partial charge in [0.2, 0.25) is 5.24 Å². The Labute approximate surface area is 110 Å². The molecule has 1 unspecified atom stereocenters. The van der Waals surface area contributed by atoms with Gasteiger partial charge in [-0.1, -0.05) is 31.2 Å². The number of thiophene rings is 1. The molecule has 0 N–H and O–H groups in total. The van der Waals surface area contributed by atoms with Gasteiger partial charge in [-0.15, -0.1) is 11.3 Å². The van der Waals surface area contributed by atoms with Gasteiger partial charge in [-0.25, -0.2) is 0 Å². The third kappa shape index (κ3) is 2.59. The highest BCUT2D eigenvalue weighted by Crippen LogP contribution is 2.30. The van der Waals surface area contributed by atoms with Crippen LogP contribution in [0.4, 0.5) is 0 Å². The molecular weight excluding hydrogens is 252 g/mol. The van der Waals surface area contributed by atoms with Gasteiger partial charge in [-0.2, -0.15) is 0 Å². The highest BCUT2D eigenvalue weighted by atomic mass is 35.5. The van der Waals surface area contributed by atoms with Gasteiger partial charge in [0.05, 0.1) is 5.92 Å². The zero-order chi connectivity index (χ0) is 12.4. The monoisotopic (exact) mass is 264 g/mol. The summed E-state index contributed by atoms with van der Waals surface area (Å²) >= 11 is 7.22. The van der Waals surface area contributed by atoms with Crippen LogP contribution in [0.2, 0.25) is 0 Å². The molecule has 0 bridgehead atoms. The lowest BCUT2D eigenvalue weighted by Crippen LogP contribution is -2.01. The highest BCUT2D eigenvalue weighted by molar-refractivity contribution is 7.13. The minimum atomic E-state index is -0.315. The Morgan fingerprint density at radius 1 is 1.24 bits per heavy atom. The molecule has 0 amide bonds. The summed E-state index contributed by atoms with van der Waals surface area (Å²) in [6.45, 7) is 3.92. The molecule has 0 aliphatic carbocycles. The van der Waals surface area contributed by atoms with Crippen molar-refractivity contribution in [2.45, 2.75) is 19.8 Å². The normalized spacial score (nSPS) is 12.4. The summed E-state index contributed by atoms with van der Waals surface area (Å²) in [5, 5.41) is 1.77. The van der Waals surface area contributed by atoms with E-state index in [1.54, 1.807) is 11.3 Å². The smallest absolute Gasteiger partial charge is 0.228 e. The van der Waals surface area contributed by atoms with Gasteiger partial charge in [0.15, 0.2) is 0 Å². The molecule has 0 radical (unpaired) electrons. The molecule has 2 aromatic rings. The number of rotatable bonds is 3. The standard InChI is InChI=1S/C14H13ClOS/c1-9-7-8-17-13(9)12-5-3-11(4-6-12)10(2)14(15)16/h3-8,10H,1-2H3. The van der Waals surface area contributed by atoms with Gasteiger partial charge in [-0.3, -0.25) is 4.79 Å². The summed E-state index contributed by atoms with van der Waals surface area (Å²) < 4.78 is 0. The maximum Gasteiger partial charge on any atom is 0.228 e. The van der Waals surface area contributed by atoms with E-state index in [2.05, 4.69) is 18.4 Å². The molecule has 1 aromatic carbocycles. The Kier molecular flexibility index (Phi) is 3.65. The van der Waals surface area contributed by atoms with E-state index in [9.17, 15) is 4.79 Å². The van der Waals surface area contributed by atoms with Crippen molar-refractivity contribution in [2.24, 2.45) is 0 Å². The third-order valence-corrected chi connectivity index (χ3v) is 4.27. The topological polar surface area (TPSA) is 17.1 Å². The number of benzene rings is 1. The lowest BCUT2D eigenvalue weighted by Gasteiger charge is -2.07. The van der Waals surface area contributed by atoms with Crippen LogP contribution >= 0.6 is 22.9 Å². The van der Waals surface area contributed by atoms with Gasteiger partial charge in [0, 0.05) is 4.88 Å². The van der Waals surface area contributed by atoms with Gasteiger partial charge < -0.3 is 0 Å². The van der Waals surface area contributed by atoms with Gasteiger partial charge >= 0.3 is 0 Å². The molecule has 0 saturated heterocycles. The Balaban J connectivity index is 2.31. The van der Waals surface area contributed by atoms with Crippen LogP contribution in [0.15, 0.2) is 35.7 Å². The number of hydrogen-bond acceptors (Lipinski definition) is 2. The molecule has 0 fully saturated rings. The van der Waals surface area contributed by atoms with Gasteiger partial charge in [-0.05, 0) is 46.7 Å². The van der Waals surface area contributed by atoms with E-state index in [0.717, 1.165) is 5.56 Å². The largest absolute Gasteiger partial charge is 0.281 e. The molecule has 1 aromatic heterocycles. The van der Waals surface area contributed by atoms with Gasteiger partial charge in [0.25, 0.3) is 0 Å². The van der Waals surface area contributed by atoms with E-state index in [1.165, 1.54) is 16.0 Å². The highest BCUT2D eigenvalue weighted by Gasteiger charge is 2.12. The Morgan fingerprint density at radius 2 is 1.88 bits per heavy atom. The fraction of sp³-hybridized carbons (Fsp3) is 0.214. The van der Waals surface area contributed by atoms with Crippen molar-refractivity contribution >= 4 is 28.2 Å². The number of carbonyl (C=O) groups is 1. The van der Waals surface area contributed by atoms with Crippen LogP contribution in [-0.4, -0.2) is 5.24 Å². The maximum atomic E-state index is 11.1. The van der Waals surface area contributed by atoms with E-state index in [-0.39, 0.29) is 11.2 Å². The van der Waals surface area contributed by atoms with Crippen molar-refractivity contribution in [1.82, 2.24) is 0 Å². The van der Waals surface area contributed by atoms with Crippen molar-refractivity contribution in [3.63, 3.8) is 0 Å². The average Bonchev–Trinajstić information content (AvgIpc) is 2.74. The van der Waals surface area contributed by atoms with E-state index < -0.39 is 0 Å². The number of carbonyl (C=O) groups excluding carboxylic acids is 1. The second-order valence-corrected chi connectivity index (χ2v) is 5.37. The molecular formula is C14H13ClOS. The van der Waals surface area contributed by atoms with E-state index in [0.29, 0.717) is 0 Å². The lowest BCUT2D eigenvalue weighted by molar-refractivity contribution is -0.112. The minimum Gasteiger partial charge on any atom is -0.281 e. The summed E-state index contributed by atoms with van der Waals surface area (Å²) in [4.78, 5) is 12.4. The summed E-state index contributed by atoms with van der Waals surface area (Å²) in [5.74, 6) is -0.241. The first-order valence-electron chi connectivity index (χ1n) is 5.43. The van der Waals surface area contributed by atoms with Gasteiger partial charge in [0.1, 0.15) is 0 Å². The van der Waals surface area contributed by atoms with Crippen LogP contribution in [0, 0.1) is 6.92 Å². The van der Waals surface area contributed by atoms with E-state index in [4.69, 9.17) is 11.6 Å². The van der Waals surface area contributed by atoms with Crippen LogP contribution in [0.5, 0.6) is 0 Å². The number of halogens is 1.